The fourth-order valence-electron chi connectivity index (χ4n) is 3.95. The predicted octanol–water partition coefficient (Wildman–Crippen LogP) is 4.80. The molecule has 2 fully saturated rings. The second-order valence-corrected chi connectivity index (χ2v) is 7.47. The summed E-state index contributed by atoms with van der Waals surface area (Å²) in [5.74, 6) is 1.88. The molecular formula is C21H32O3. The molecule has 1 saturated heterocycles. The molecule has 1 aromatic carbocycles. The standard InChI is InChI=1S/C21H32O3/c1-2-6-19-15-23-21(24-16-19)20-11-9-18(10-12-20)14-22-13-17-7-4-3-5-8-17/h3-5,7-8,18-21H,2,6,9-16H2,1H3. The van der Waals surface area contributed by atoms with Gasteiger partial charge in [-0.05, 0) is 43.6 Å². The summed E-state index contributed by atoms with van der Waals surface area (Å²) in [6.07, 6.45) is 7.38. The summed E-state index contributed by atoms with van der Waals surface area (Å²) in [6.45, 7) is 5.62. The Labute approximate surface area is 146 Å². The number of hydrogen-bond donors (Lipinski definition) is 0. The van der Waals surface area contributed by atoms with E-state index in [2.05, 4.69) is 31.2 Å². The van der Waals surface area contributed by atoms with Crippen molar-refractivity contribution in [2.45, 2.75) is 58.3 Å². The Morgan fingerprint density at radius 3 is 2.33 bits per heavy atom. The predicted molar refractivity (Wildman–Crippen MR) is 95.6 cm³/mol. The molecule has 134 valence electrons. The topological polar surface area (TPSA) is 27.7 Å². The molecule has 0 bridgehead atoms. The molecule has 24 heavy (non-hydrogen) atoms. The van der Waals surface area contributed by atoms with Crippen LogP contribution in [-0.2, 0) is 20.8 Å². The average Bonchev–Trinajstić information content (AvgIpc) is 2.64. The first-order valence-electron chi connectivity index (χ1n) is 9.70. The van der Waals surface area contributed by atoms with Crippen molar-refractivity contribution in [2.24, 2.45) is 17.8 Å². The second kappa shape index (κ2) is 9.55. The summed E-state index contributed by atoms with van der Waals surface area (Å²) in [7, 11) is 0. The normalized spacial score (nSPS) is 31.0. The van der Waals surface area contributed by atoms with Gasteiger partial charge in [0, 0.05) is 18.4 Å². The van der Waals surface area contributed by atoms with E-state index < -0.39 is 0 Å². The number of hydrogen-bond acceptors (Lipinski definition) is 3. The van der Waals surface area contributed by atoms with Crippen molar-refractivity contribution in [3.8, 4) is 0 Å². The van der Waals surface area contributed by atoms with Gasteiger partial charge in [-0.2, -0.15) is 0 Å². The second-order valence-electron chi connectivity index (χ2n) is 7.47. The van der Waals surface area contributed by atoms with Crippen LogP contribution >= 0.6 is 0 Å². The van der Waals surface area contributed by atoms with Crippen LogP contribution < -0.4 is 0 Å². The first-order valence-corrected chi connectivity index (χ1v) is 9.70. The van der Waals surface area contributed by atoms with E-state index in [-0.39, 0.29) is 6.29 Å². The Morgan fingerprint density at radius 2 is 1.67 bits per heavy atom. The molecule has 0 N–H and O–H groups in total. The minimum Gasteiger partial charge on any atom is -0.376 e. The van der Waals surface area contributed by atoms with Crippen LogP contribution in [-0.4, -0.2) is 26.1 Å². The van der Waals surface area contributed by atoms with Crippen LogP contribution in [0.2, 0.25) is 0 Å². The SMILES string of the molecule is CCCC1COC(C2CCC(COCc3ccccc3)CC2)OC1. The first-order chi connectivity index (χ1) is 11.8. The maximum atomic E-state index is 6.00. The minimum atomic E-state index is 0.0456. The first kappa shape index (κ1) is 17.9. The van der Waals surface area contributed by atoms with Gasteiger partial charge in [0.15, 0.2) is 6.29 Å². The molecule has 3 rings (SSSR count). The van der Waals surface area contributed by atoms with Crippen LogP contribution in [0, 0.1) is 17.8 Å². The van der Waals surface area contributed by atoms with Gasteiger partial charge in [-0.1, -0.05) is 43.7 Å². The highest BCUT2D eigenvalue weighted by atomic mass is 16.7. The smallest absolute Gasteiger partial charge is 0.160 e. The molecule has 0 unspecified atom stereocenters. The molecule has 1 heterocycles. The summed E-state index contributed by atoms with van der Waals surface area (Å²) in [6, 6.07) is 10.4. The molecule has 1 saturated carbocycles. The number of ether oxygens (including phenoxy) is 3. The molecule has 2 aliphatic rings. The Kier molecular flexibility index (Phi) is 7.13. The van der Waals surface area contributed by atoms with E-state index in [0.29, 0.717) is 17.8 Å². The average molecular weight is 332 g/mol. The van der Waals surface area contributed by atoms with E-state index in [9.17, 15) is 0 Å². The molecular weight excluding hydrogens is 300 g/mol. The van der Waals surface area contributed by atoms with Crippen LogP contribution in [0.5, 0.6) is 0 Å². The molecule has 3 heteroatoms. The van der Waals surface area contributed by atoms with Crippen molar-refractivity contribution < 1.29 is 14.2 Å². The van der Waals surface area contributed by atoms with Gasteiger partial charge in [0.2, 0.25) is 0 Å². The third-order valence-electron chi connectivity index (χ3n) is 5.43. The van der Waals surface area contributed by atoms with Gasteiger partial charge in [-0.15, -0.1) is 0 Å². The van der Waals surface area contributed by atoms with Crippen LogP contribution in [0.25, 0.3) is 0 Å². The van der Waals surface area contributed by atoms with Gasteiger partial charge in [0.05, 0.1) is 19.8 Å². The largest absolute Gasteiger partial charge is 0.376 e. The van der Waals surface area contributed by atoms with Crippen molar-refractivity contribution >= 4 is 0 Å². The van der Waals surface area contributed by atoms with Crippen LogP contribution in [0.4, 0.5) is 0 Å². The monoisotopic (exact) mass is 332 g/mol. The van der Waals surface area contributed by atoms with Gasteiger partial charge in [-0.3, -0.25) is 0 Å². The molecule has 0 aromatic heterocycles. The third-order valence-corrected chi connectivity index (χ3v) is 5.43. The van der Waals surface area contributed by atoms with Crippen LogP contribution in [0.1, 0.15) is 51.0 Å². The van der Waals surface area contributed by atoms with Gasteiger partial charge >= 0.3 is 0 Å². The summed E-state index contributed by atoms with van der Waals surface area (Å²) in [5.41, 5.74) is 1.26. The fraction of sp³-hybridized carbons (Fsp3) is 0.714. The Hall–Kier alpha value is -0.900. The van der Waals surface area contributed by atoms with Gasteiger partial charge in [-0.25, -0.2) is 0 Å². The van der Waals surface area contributed by atoms with Gasteiger partial charge < -0.3 is 14.2 Å². The highest BCUT2D eigenvalue weighted by molar-refractivity contribution is 5.13. The number of benzene rings is 1. The molecule has 1 aromatic rings. The lowest BCUT2D eigenvalue weighted by Gasteiger charge is -2.37. The van der Waals surface area contributed by atoms with Crippen molar-refractivity contribution in [1.29, 1.82) is 0 Å². The van der Waals surface area contributed by atoms with Gasteiger partial charge in [0.1, 0.15) is 0 Å². The van der Waals surface area contributed by atoms with E-state index in [1.807, 2.05) is 6.07 Å². The lowest BCUT2D eigenvalue weighted by Crippen LogP contribution is -2.38. The fourth-order valence-corrected chi connectivity index (χ4v) is 3.95. The van der Waals surface area contributed by atoms with E-state index >= 15 is 0 Å². The van der Waals surface area contributed by atoms with Crippen molar-refractivity contribution in [1.82, 2.24) is 0 Å². The van der Waals surface area contributed by atoms with E-state index in [1.54, 1.807) is 0 Å². The third kappa shape index (κ3) is 5.30. The Balaban J connectivity index is 1.31. The van der Waals surface area contributed by atoms with Gasteiger partial charge in [0.25, 0.3) is 0 Å². The summed E-state index contributed by atoms with van der Waals surface area (Å²) in [4.78, 5) is 0. The molecule has 0 atom stereocenters. The van der Waals surface area contributed by atoms with Crippen LogP contribution in [0.3, 0.4) is 0 Å². The lowest BCUT2D eigenvalue weighted by atomic mass is 9.82. The highest BCUT2D eigenvalue weighted by Crippen LogP contribution is 2.34. The molecule has 1 aliphatic heterocycles. The summed E-state index contributed by atoms with van der Waals surface area (Å²) < 4.78 is 17.9. The van der Waals surface area contributed by atoms with Crippen molar-refractivity contribution in [3.05, 3.63) is 35.9 Å². The van der Waals surface area contributed by atoms with Crippen molar-refractivity contribution in [3.63, 3.8) is 0 Å². The zero-order chi connectivity index (χ0) is 16.6. The van der Waals surface area contributed by atoms with Crippen molar-refractivity contribution in [2.75, 3.05) is 19.8 Å². The quantitative estimate of drug-likeness (QED) is 0.718. The molecule has 0 amide bonds. The molecule has 0 radical (unpaired) electrons. The van der Waals surface area contributed by atoms with E-state index in [0.717, 1.165) is 26.4 Å². The minimum absolute atomic E-state index is 0.0456. The Morgan fingerprint density at radius 1 is 0.958 bits per heavy atom. The molecule has 3 nitrogen and oxygen atoms in total. The number of rotatable bonds is 7. The Bertz CT molecular complexity index is 445. The van der Waals surface area contributed by atoms with E-state index in [4.69, 9.17) is 14.2 Å². The zero-order valence-corrected chi connectivity index (χ0v) is 15.0. The zero-order valence-electron chi connectivity index (χ0n) is 15.0. The van der Waals surface area contributed by atoms with E-state index in [1.165, 1.54) is 44.1 Å². The molecule has 1 aliphatic carbocycles. The van der Waals surface area contributed by atoms with Crippen LogP contribution in [0.15, 0.2) is 30.3 Å². The highest BCUT2D eigenvalue weighted by Gasteiger charge is 2.32. The summed E-state index contributed by atoms with van der Waals surface area (Å²) >= 11 is 0. The molecule has 0 spiro atoms. The maximum absolute atomic E-state index is 6.00. The summed E-state index contributed by atoms with van der Waals surface area (Å²) in [5, 5.41) is 0. The maximum Gasteiger partial charge on any atom is 0.160 e. The lowest BCUT2D eigenvalue weighted by molar-refractivity contribution is -0.230.